The molecule has 0 unspecified atom stereocenters. The van der Waals surface area contributed by atoms with Crippen molar-refractivity contribution in [3.05, 3.63) is 119 Å². The van der Waals surface area contributed by atoms with Gasteiger partial charge in [-0.05, 0) is 23.8 Å². The van der Waals surface area contributed by atoms with Gasteiger partial charge in [0.2, 0.25) is 0 Å². The first-order valence-corrected chi connectivity index (χ1v) is 9.78. The Labute approximate surface area is 174 Å². The van der Waals surface area contributed by atoms with Gasteiger partial charge in [-0.2, -0.15) is 0 Å². The number of ketones is 1. The summed E-state index contributed by atoms with van der Waals surface area (Å²) in [6, 6.07) is 26.1. The zero-order valence-corrected chi connectivity index (χ0v) is 16.4. The van der Waals surface area contributed by atoms with Crippen LogP contribution < -0.4 is 0 Å². The summed E-state index contributed by atoms with van der Waals surface area (Å²) in [7, 11) is 0. The molecule has 3 aromatic rings. The van der Waals surface area contributed by atoms with Gasteiger partial charge >= 0.3 is 5.97 Å². The summed E-state index contributed by atoms with van der Waals surface area (Å²) < 4.78 is 5.88. The molecule has 0 amide bonds. The Kier molecular flexibility index (Phi) is 5.32. The van der Waals surface area contributed by atoms with Gasteiger partial charge in [0.25, 0.3) is 0 Å². The number of Topliss-reactive ketones (excluding diaryl/α,β-unsaturated/α-hetero) is 1. The van der Waals surface area contributed by atoms with Gasteiger partial charge < -0.3 is 4.74 Å². The van der Waals surface area contributed by atoms with Crippen molar-refractivity contribution in [3.8, 4) is 0 Å². The third-order valence-electron chi connectivity index (χ3n) is 5.24. The van der Waals surface area contributed by atoms with Gasteiger partial charge in [-0.15, -0.1) is 0 Å². The summed E-state index contributed by atoms with van der Waals surface area (Å²) in [6.07, 6.45) is 3.38. The minimum Gasteiger partial charge on any atom is -0.446 e. The lowest BCUT2D eigenvalue weighted by molar-refractivity contribution is -0.148. The highest BCUT2D eigenvalue weighted by Crippen LogP contribution is 2.47. The van der Waals surface area contributed by atoms with Gasteiger partial charge in [-0.1, -0.05) is 84.4 Å². The summed E-state index contributed by atoms with van der Waals surface area (Å²) in [5.74, 6) is -0.822. The Balaban J connectivity index is 1.81. The molecule has 1 aliphatic rings. The fourth-order valence-corrected chi connectivity index (χ4v) is 3.94. The predicted molar refractivity (Wildman–Crippen MR) is 113 cm³/mol. The zero-order valence-electron chi connectivity index (χ0n) is 15.6. The number of cyclic esters (lactones) is 1. The standard InChI is InChI=1S/C25H19ClO3/c26-21-13-11-20(12-14-21)25(16-15-24(28)29-25)22(18-7-3-1-4-8-18)17-23(27)19-9-5-2-6-10-19/h1-16,22H,17H2/t22-,25-/m1/s1. The number of carbonyl (C=O) groups is 2. The quantitative estimate of drug-likeness (QED) is 0.392. The molecule has 4 heteroatoms. The molecule has 3 nitrogen and oxygen atoms in total. The van der Waals surface area contributed by atoms with Crippen LogP contribution in [0, 0.1) is 0 Å². The van der Waals surface area contributed by atoms with Crippen molar-refractivity contribution in [3.63, 3.8) is 0 Å². The van der Waals surface area contributed by atoms with E-state index in [9.17, 15) is 9.59 Å². The van der Waals surface area contributed by atoms with E-state index < -0.39 is 11.6 Å². The molecule has 144 valence electrons. The van der Waals surface area contributed by atoms with Crippen molar-refractivity contribution in [2.75, 3.05) is 0 Å². The van der Waals surface area contributed by atoms with Crippen LogP contribution in [0.1, 0.15) is 33.8 Å². The van der Waals surface area contributed by atoms with Crippen LogP contribution in [0.15, 0.2) is 97.1 Å². The Bertz CT molecular complexity index is 1040. The van der Waals surface area contributed by atoms with Crippen LogP contribution in [0.4, 0.5) is 0 Å². The molecule has 0 aromatic heterocycles. The van der Waals surface area contributed by atoms with Gasteiger partial charge in [0.15, 0.2) is 11.4 Å². The number of esters is 1. The van der Waals surface area contributed by atoms with Gasteiger partial charge in [0, 0.05) is 34.6 Å². The van der Waals surface area contributed by atoms with Crippen LogP contribution >= 0.6 is 11.6 Å². The fraction of sp³-hybridized carbons (Fsp3) is 0.120. The van der Waals surface area contributed by atoms with Crippen LogP contribution in [0.5, 0.6) is 0 Å². The van der Waals surface area contributed by atoms with Gasteiger partial charge in [-0.3, -0.25) is 4.79 Å². The summed E-state index contributed by atoms with van der Waals surface area (Å²) >= 11 is 6.07. The Morgan fingerprint density at radius 3 is 2.10 bits per heavy atom. The maximum absolute atomic E-state index is 13.1. The number of rotatable bonds is 6. The second kappa shape index (κ2) is 8.06. The molecule has 1 aliphatic heterocycles. The van der Waals surface area contributed by atoms with E-state index in [1.165, 1.54) is 6.08 Å². The molecule has 0 N–H and O–H groups in total. The lowest BCUT2D eigenvalue weighted by Crippen LogP contribution is -2.35. The predicted octanol–water partition coefficient (Wildman–Crippen LogP) is 5.71. The fourth-order valence-electron chi connectivity index (χ4n) is 3.81. The van der Waals surface area contributed by atoms with E-state index in [1.54, 1.807) is 30.3 Å². The highest BCUT2D eigenvalue weighted by molar-refractivity contribution is 6.30. The molecule has 0 fully saturated rings. The zero-order chi connectivity index (χ0) is 20.3. The highest BCUT2D eigenvalue weighted by Gasteiger charge is 2.46. The first-order chi connectivity index (χ1) is 14.1. The smallest absolute Gasteiger partial charge is 0.331 e. The number of benzene rings is 3. The molecular weight excluding hydrogens is 384 g/mol. The molecule has 0 radical (unpaired) electrons. The lowest BCUT2D eigenvalue weighted by atomic mass is 9.74. The molecule has 0 bridgehead atoms. The minimum atomic E-state index is -1.08. The van der Waals surface area contributed by atoms with E-state index >= 15 is 0 Å². The van der Waals surface area contributed by atoms with E-state index in [0.717, 1.165) is 11.1 Å². The van der Waals surface area contributed by atoms with E-state index in [0.29, 0.717) is 10.6 Å². The molecule has 0 spiro atoms. The van der Waals surface area contributed by atoms with Crippen molar-refractivity contribution in [2.24, 2.45) is 0 Å². The summed E-state index contributed by atoms with van der Waals surface area (Å²) in [6.45, 7) is 0. The van der Waals surface area contributed by atoms with Gasteiger partial charge in [0.05, 0.1) is 0 Å². The van der Waals surface area contributed by atoms with Crippen LogP contribution in [0.2, 0.25) is 5.02 Å². The van der Waals surface area contributed by atoms with Crippen LogP contribution in [-0.4, -0.2) is 11.8 Å². The highest BCUT2D eigenvalue weighted by atomic mass is 35.5. The minimum absolute atomic E-state index is 0.0101. The first-order valence-electron chi connectivity index (χ1n) is 9.40. The van der Waals surface area contributed by atoms with Crippen molar-refractivity contribution < 1.29 is 14.3 Å². The normalized spacial score (nSPS) is 19.0. The Morgan fingerprint density at radius 2 is 1.52 bits per heavy atom. The SMILES string of the molecule is O=C1C=C[C@@](c2ccc(Cl)cc2)([C@H](CC(=O)c2ccccc2)c2ccccc2)O1. The third kappa shape index (κ3) is 3.87. The maximum Gasteiger partial charge on any atom is 0.331 e. The topological polar surface area (TPSA) is 43.4 Å². The van der Waals surface area contributed by atoms with Crippen molar-refractivity contribution in [1.29, 1.82) is 0 Å². The van der Waals surface area contributed by atoms with Crippen molar-refractivity contribution in [2.45, 2.75) is 17.9 Å². The third-order valence-corrected chi connectivity index (χ3v) is 5.49. The second-order valence-electron chi connectivity index (χ2n) is 7.01. The molecule has 4 rings (SSSR count). The van der Waals surface area contributed by atoms with Crippen LogP contribution in [0.3, 0.4) is 0 Å². The molecular formula is C25H19ClO3. The van der Waals surface area contributed by atoms with Crippen molar-refractivity contribution in [1.82, 2.24) is 0 Å². The van der Waals surface area contributed by atoms with E-state index in [4.69, 9.17) is 16.3 Å². The van der Waals surface area contributed by atoms with Crippen LogP contribution in [-0.2, 0) is 15.1 Å². The average Bonchev–Trinajstić information content (AvgIpc) is 3.16. The molecule has 0 aliphatic carbocycles. The molecule has 0 saturated heterocycles. The second-order valence-corrected chi connectivity index (χ2v) is 7.45. The largest absolute Gasteiger partial charge is 0.446 e. The number of hydrogen-bond donors (Lipinski definition) is 0. The summed E-state index contributed by atoms with van der Waals surface area (Å²) in [5, 5.41) is 0.592. The van der Waals surface area contributed by atoms with Crippen molar-refractivity contribution >= 4 is 23.4 Å². The molecule has 2 atom stereocenters. The summed E-state index contributed by atoms with van der Waals surface area (Å²) in [4.78, 5) is 25.3. The van der Waals surface area contributed by atoms with E-state index in [2.05, 4.69) is 0 Å². The number of hydrogen-bond acceptors (Lipinski definition) is 3. The molecule has 1 heterocycles. The van der Waals surface area contributed by atoms with Gasteiger partial charge in [0.1, 0.15) is 0 Å². The monoisotopic (exact) mass is 402 g/mol. The van der Waals surface area contributed by atoms with Gasteiger partial charge in [-0.25, -0.2) is 4.79 Å². The Morgan fingerprint density at radius 1 is 0.897 bits per heavy atom. The molecule has 29 heavy (non-hydrogen) atoms. The first kappa shape index (κ1) is 19.2. The summed E-state index contributed by atoms with van der Waals surface area (Å²) in [5.41, 5.74) is 1.26. The molecule has 3 aromatic carbocycles. The lowest BCUT2D eigenvalue weighted by Gasteiger charge is -2.36. The van der Waals surface area contributed by atoms with E-state index in [1.807, 2.05) is 60.7 Å². The Hall–Kier alpha value is -3.17. The number of halogens is 1. The maximum atomic E-state index is 13.1. The van der Waals surface area contributed by atoms with E-state index in [-0.39, 0.29) is 18.1 Å². The molecule has 0 saturated carbocycles. The number of carbonyl (C=O) groups excluding carboxylic acids is 2. The van der Waals surface area contributed by atoms with Crippen LogP contribution in [0.25, 0.3) is 0 Å². The average molecular weight is 403 g/mol. The number of ether oxygens (including phenoxy) is 1.